The summed E-state index contributed by atoms with van der Waals surface area (Å²) in [6.45, 7) is 5.75. The van der Waals surface area contributed by atoms with Gasteiger partial charge in [0.1, 0.15) is 6.42 Å². The Hall–Kier alpha value is -1.90. The standard InChI is InChI=1S/C8H10N2O4.C2H6/c1-2-3-7(12)10(6-11)14-8(13)4-5-9;1-2/h6H,2-4H2,1H3;1-2H3. The number of hydroxylamine groups is 2. The van der Waals surface area contributed by atoms with Crippen molar-refractivity contribution < 1.29 is 19.2 Å². The normalized spacial score (nSPS) is 7.88. The molecule has 0 aliphatic heterocycles. The second kappa shape index (κ2) is 11.2. The van der Waals surface area contributed by atoms with Crippen molar-refractivity contribution in [2.45, 2.75) is 40.0 Å². The Kier molecular flexibility index (Phi) is 11.5. The highest BCUT2D eigenvalue weighted by Crippen LogP contribution is 1.97. The molecule has 0 saturated carbocycles. The Balaban J connectivity index is 0. The van der Waals surface area contributed by atoms with Crippen LogP contribution >= 0.6 is 0 Å². The molecule has 0 unspecified atom stereocenters. The number of amides is 2. The lowest BCUT2D eigenvalue weighted by Gasteiger charge is -2.12. The van der Waals surface area contributed by atoms with E-state index in [4.69, 9.17) is 5.26 Å². The number of nitrogens with zero attached hydrogens (tertiary/aromatic N) is 2. The molecule has 0 atom stereocenters. The predicted octanol–water partition coefficient (Wildman–Crippen LogP) is 1.17. The van der Waals surface area contributed by atoms with Crippen LogP contribution in [0.25, 0.3) is 0 Å². The quantitative estimate of drug-likeness (QED) is 0.532. The van der Waals surface area contributed by atoms with Crippen molar-refractivity contribution in [3.05, 3.63) is 0 Å². The van der Waals surface area contributed by atoms with Crippen LogP contribution in [0.15, 0.2) is 0 Å². The number of rotatable bonds is 4. The summed E-state index contributed by atoms with van der Waals surface area (Å²) in [7, 11) is 0. The fourth-order valence-corrected chi connectivity index (χ4v) is 0.662. The molecule has 2 amide bonds. The minimum absolute atomic E-state index is 0.104. The average Bonchev–Trinajstić information content (AvgIpc) is 2.29. The molecule has 6 nitrogen and oxygen atoms in total. The van der Waals surface area contributed by atoms with Crippen molar-refractivity contribution in [1.82, 2.24) is 5.06 Å². The molecule has 0 aromatic carbocycles. The van der Waals surface area contributed by atoms with Gasteiger partial charge in [0, 0.05) is 6.42 Å². The van der Waals surface area contributed by atoms with Crippen LogP contribution in [0.2, 0.25) is 0 Å². The number of hydrogen-bond acceptors (Lipinski definition) is 5. The van der Waals surface area contributed by atoms with Crippen molar-refractivity contribution in [3.63, 3.8) is 0 Å². The molecule has 6 heteroatoms. The van der Waals surface area contributed by atoms with E-state index in [9.17, 15) is 14.4 Å². The van der Waals surface area contributed by atoms with Crippen LogP contribution in [-0.2, 0) is 19.2 Å². The lowest BCUT2D eigenvalue weighted by molar-refractivity contribution is -0.195. The van der Waals surface area contributed by atoms with E-state index in [-0.39, 0.29) is 12.8 Å². The highest BCUT2D eigenvalue weighted by Gasteiger charge is 2.16. The Labute approximate surface area is 94.7 Å². The fourth-order valence-electron chi connectivity index (χ4n) is 0.662. The smallest absolute Gasteiger partial charge is 0.329 e. The molecule has 90 valence electrons. The maximum absolute atomic E-state index is 11.0. The van der Waals surface area contributed by atoms with Crippen molar-refractivity contribution >= 4 is 18.3 Å². The fraction of sp³-hybridized carbons (Fsp3) is 0.600. The van der Waals surface area contributed by atoms with Crippen molar-refractivity contribution in [1.29, 1.82) is 5.26 Å². The van der Waals surface area contributed by atoms with Gasteiger partial charge in [-0.1, -0.05) is 20.8 Å². The van der Waals surface area contributed by atoms with Crippen LogP contribution < -0.4 is 0 Å². The van der Waals surface area contributed by atoms with E-state index in [0.29, 0.717) is 11.5 Å². The maximum atomic E-state index is 11.0. The summed E-state index contributed by atoms with van der Waals surface area (Å²) in [6.07, 6.45) is 0.258. The van der Waals surface area contributed by atoms with Gasteiger partial charge in [0.05, 0.1) is 6.07 Å². The zero-order valence-electron chi connectivity index (χ0n) is 9.73. The van der Waals surface area contributed by atoms with Gasteiger partial charge in [-0.2, -0.15) is 5.26 Å². The molecule has 0 N–H and O–H groups in total. The van der Waals surface area contributed by atoms with Gasteiger partial charge < -0.3 is 4.84 Å². The Morgan fingerprint density at radius 1 is 1.44 bits per heavy atom. The molecule has 0 fully saturated rings. The highest BCUT2D eigenvalue weighted by molar-refractivity contribution is 5.86. The Bertz CT molecular complexity index is 270. The molecule has 0 aliphatic carbocycles. The van der Waals surface area contributed by atoms with Crippen molar-refractivity contribution in [2.24, 2.45) is 0 Å². The van der Waals surface area contributed by atoms with Gasteiger partial charge in [0.25, 0.3) is 12.3 Å². The molecule has 0 rings (SSSR count). The summed E-state index contributed by atoms with van der Waals surface area (Å²) in [5.74, 6) is -1.53. The Morgan fingerprint density at radius 3 is 2.38 bits per heavy atom. The van der Waals surface area contributed by atoms with Gasteiger partial charge in [0.15, 0.2) is 0 Å². The molecule has 0 spiro atoms. The number of nitriles is 1. The third kappa shape index (κ3) is 7.50. The van der Waals surface area contributed by atoms with E-state index in [1.807, 2.05) is 13.8 Å². The first-order valence-corrected chi connectivity index (χ1v) is 5.00. The third-order valence-electron chi connectivity index (χ3n) is 1.23. The number of hydrogen-bond donors (Lipinski definition) is 0. The SMILES string of the molecule is CC.CCCC(=O)N(C=O)OC(=O)CC#N. The van der Waals surface area contributed by atoms with Crippen LogP contribution in [0.3, 0.4) is 0 Å². The first-order valence-electron chi connectivity index (χ1n) is 5.00. The van der Waals surface area contributed by atoms with E-state index in [2.05, 4.69) is 4.84 Å². The number of carbonyl (C=O) groups excluding carboxylic acids is 3. The van der Waals surface area contributed by atoms with Crippen LogP contribution in [0.4, 0.5) is 0 Å². The minimum Gasteiger partial charge on any atom is -0.329 e. The van der Waals surface area contributed by atoms with Gasteiger partial charge >= 0.3 is 5.97 Å². The monoisotopic (exact) mass is 228 g/mol. The molecule has 0 aromatic heterocycles. The predicted molar refractivity (Wildman–Crippen MR) is 55.5 cm³/mol. The summed E-state index contributed by atoms with van der Waals surface area (Å²) in [5.41, 5.74) is 0. The van der Waals surface area contributed by atoms with Gasteiger partial charge in [-0.25, -0.2) is 4.79 Å². The summed E-state index contributed by atoms with van der Waals surface area (Å²) < 4.78 is 0. The molecular weight excluding hydrogens is 212 g/mol. The largest absolute Gasteiger partial charge is 0.347 e. The second-order valence-corrected chi connectivity index (χ2v) is 2.37. The van der Waals surface area contributed by atoms with Gasteiger partial charge in [0.2, 0.25) is 0 Å². The molecule has 0 radical (unpaired) electrons. The van der Waals surface area contributed by atoms with Crippen LogP contribution in [0.1, 0.15) is 40.0 Å². The zero-order valence-corrected chi connectivity index (χ0v) is 9.73. The molecule has 0 heterocycles. The summed E-state index contributed by atoms with van der Waals surface area (Å²) in [6, 6.07) is 1.54. The van der Waals surface area contributed by atoms with E-state index >= 15 is 0 Å². The number of carbonyl (C=O) groups is 3. The average molecular weight is 228 g/mol. The first-order chi connectivity index (χ1) is 7.65. The molecule has 16 heavy (non-hydrogen) atoms. The van der Waals surface area contributed by atoms with Gasteiger partial charge in [-0.3, -0.25) is 9.59 Å². The molecule has 0 aliphatic rings. The molecule has 0 bridgehead atoms. The van der Waals surface area contributed by atoms with Crippen molar-refractivity contribution in [2.75, 3.05) is 0 Å². The van der Waals surface area contributed by atoms with Crippen LogP contribution in [0, 0.1) is 11.3 Å². The molecular formula is C10H16N2O4. The number of imide groups is 1. The first kappa shape index (κ1) is 16.5. The van der Waals surface area contributed by atoms with E-state index < -0.39 is 18.3 Å². The lowest BCUT2D eigenvalue weighted by Crippen LogP contribution is -2.31. The second-order valence-electron chi connectivity index (χ2n) is 2.37. The van der Waals surface area contributed by atoms with Gasteiger partial charge in [-0.15, -0.1) is 5.06 Å². The van der Waals surface area contributed by atoms with E-state index in [1.165, 1.54) is 6.07 Å². The van der Waals surface area contributed by atoms with Crippen LogP contribution in [0.5, 0.6) is 0 Å². The van der Waals surface area contributed by atoms with Crippen LogP contribution in [-0.4, -0.2) is 23.3 Å². The highest BCUT2D eigenvalue weighted by atomic mass is 16.7. The topological polar surface area (TPSA) is 87.5 Å². The lowest BCUT2D eigenvalue weighted by atomic mass is 10.3. The van der Waals surface area contributed by atoms with Crippen molar-refractivity contribution in [3.8, 4) is 6.07 Å². The van der Waals surface area contributed by atoms with Gasteiger partial charge in [-0.05, 0) is 6.42 Å². The molecule has 0 aromatic rings. The van der Waals surface area contributed by atoms with E-state index in [0.717, 1.165) is 0 Å². The third-order valence-corrected chi connectivity index (χ3v) is 1.23. The minimum atomic E-state index is -0.927. The summed E-state index contributed by atoms with van der Waals surface area (Å²) in [4.78, 5) is 36.4. The maximum Gasteiger partial charge on any atom is 0.347 e. The molecule has 0 saturated heterocycles. The zero-order chi connectivity index (χ0) is 13.0. The van der Waals surface area contributed by atoms with E-state index in [1.54, 1.807) is 6.92 Å². The summed E-state index contributed by atoms with van der Waals surface area (Å²) in [5, 5.41) is 8.43. The Morgan fingerprint density at radius 2 is 2.00 bits per heavy atom. The summed E-state index contributed by atoms with van der Waals surface area (Å²) >= 11 is 0.